The van der Waals surface area contributed by atoms with Gasteiger partial charge < -0.3 is 183 Å². The summed E-state index contributed by atoms with van der Waals surface area (Å²) in [4.78, 5) is 0. The Bertz CT molecular complexity index is 368. The Hall–Kier alpha value is 1.47. The summed E-state index contributed by atoms with van der Waals surface area (Å²) in [6.07, 6.45) is 0. The molecule has 0 saturated heterocycles. The summed E-state index contributed by atoms with van der Waals surface area (Å²) in [5.74, 6) is 0. The third-order valence-corrected chi connectivity index (χ3v) is 0. The molecule has 0 aliphatic carbocycles. The first kappa shape index (κ1) is 83.3. The zero-order valence-electron chi connectivity index (χ0n) is 16.7. The third kappa shape index (κ3) is 21900. The third-order valence-electron chi connectivity index (χ3n) is 0. The largest absolute Gasteiger partial charge is 6.00 e. The Morgan fingerprint density at radius 2 is 0.297 bits per heavy atom. The van der Waals surface area contributed by atoms with E-state index in [0.29, 0.717) is 0 Å². The molecule has 0 aliphatic heterocycles. The predicted molar refractivity (Wildman–Crippen MR) is 194 cm³/mol. The van der Waals surface area contributed by atoms with Crippen molar-refractivity contribution in [3.05, 3.63) is 0 Å². The molecule has 0 amide bonds. The van der Waals surface area contributed by atoms with Crippen LogP contribution in [0.1, 0.15) is 0 Å². The van der Waals surface area contributed by atoms with Crippen LogP contribution in [0.25, 0.3) is 0 Å². The van der Waals surface area contributed by atoms with Gasteiger partial charge in [0.1, 0.15) is 0 Å². The first-order chi connectivity index (χ1) is 16.4. The van der Waals surface area contributed by atoms with Crippen molar-refractivity contribution in [3.63, 3.8) is 0 Å². The Labute approximate surface area is 326 Å². The zero-order valence-corrected chi connectivity index (χ0v) is 33.4. The maximum absolute atomic E-state index is 7.83. The van der Waals surface area contributed by atoms with Crippen LogP contribution in [0, 0.1) is 0 Å². The molecule has 31 heteroatoms. The molecule has 0 aromatic carbocycles. The SMILES string of the molecule is NC(=S)[S-].NC(=S)[S-].NC(=S)[S-].NC(=S)[S-].NC(=S)[S-].NC(=S)[S-].O=S.O=S.O=S.O=S.O=S.O=S.[Mo+6]. The van der Waals surface area contributed by atoms with Crippen LogP contribution in [0.15, 0.2) is 0 Å². The number of nitrogens with two attached hydrogens (primary N) is 6. The van der Waals surface area contributed by atoms with E-state index >= 15 is 0 Å². The minimum Gasteiger partial charge on any atom is -0.415 e. The molecule has 0 bridgehead atoms. The van der Waals surface area contributed by atoms with Crippen LogP contribution < -0.4 is 34.4 Å². The van der Waals surface area contributed by atoms with E-state index in [2.05, 4.69) is 259 Å². The second kappa shape index (κ2) is 131. The Balaban J connectivity index is -0.0000000156. The average Bonchev–Trinajstić information content (AvgIpc) is 2.74. The summed E-state index contributed by atoms with van der Waals surface area (Å²) in [5.41, 5.74) is 27.9. The smallest absolute Gasteiger partial charge is 0.415 e. The molecule has 0 aromatic heterocycles. The Morgan fingerprint density at radius 3 is 0.297 bits per heavy atom. The van der Waals surface area contributed by atoms with Crippen LogP contribution in [0.4, 0.5) is 0 Å². The van der Waals surface area contributed by atoms with E-state index in [-0.39, 0.29) is 47.0 Å². The van der Waals surface area contributed by atoms with Crippen LogP contribution >= 0.6 is 73.3 Å². The fraction of sp³-hybridized carbons (Fsp3) is 0. The Morgan fingerprint density at radius 1 is 0.297 bits per heavy atom. The molecular formula is C6H12MoN6O6S18. The van der Waals surface area contributed by atoms with Crippen molar-refractivity contribution in [1.82, 2.24) is 0 Å². The van der Waals surface area contributed by atoms with Gasteiger partial charge in [-0.15, -0.1) is 0 Å². The van der Waals surface area contributed by atoms with E-state index in [9.17, 15) is 0 Å². The fourth-order valence-corrected chi connectivity index (χ4v) is 0. The van der Waals surface area contributed by atoms with E-state index in [1.54, 1.807) is 0 Å². The van der Waals surface area contributed by atoms with E-state index in [4.69, 9.17) is 25.3 Å². The molecule has 216 valence electrons. The number of thiocarbonyl (C=S) groups is 6. The zero-order chi connectivity index (χ0) is 33.5. The molecule has 0 rings (SSSR count). The van der Waals surface area contributed by atoms with Gasteiger partial charge in [0.25, 0.3) is 0 Å². The maximum atomic E-state index is 7.83. The van der Waals surface area contributed by atoms with Crippen LogP contribution in [0.5, 0.6) is 0 Å². The standard InChI is InChI=1S/6CH3NS2.Mo.6OS/c6*2-1(3)4;;6*1-2/h6*(H3,2,3,4);;;;;;;/q;;;;;;+6;;;;;;/p-6. The summed E-state index contributed by atoms with van der Waals surface area (Å²) >= 11 is 66.6. The monoisotopic (exact) mass is 937 g/mol. The van der Waals surface area contributed by atoms with Gasteiger partial charge in [-0.25, -0.2) is 0 Å². The molecule has 0 aliphatic rings. The van der Waals surface area contributed by atoms with E-state index in [1.807, 2.05) is 0 Å². The molecule has 0 atom stereocenters. The van der Waals surface area contributed by atoms with Crippen molar-refractivity contribution >= 4 is 250 Å². The summed E-state index contributed by atoms with van der Waals surface area (Å²) in [6, 6.07) is 0. The van der Waals surface area contributed by atoms with E-state index in [0.717, 1.165) is 0 Å². The normalized spacial score (nSPS) is 4.54. The van der Waals surface area contributed by atoms with Gasteiger partial charge in [-0.05, 0) is 0 Å². The van der Waals surface area contributed by atoms with Crippen LogP contribution in [0.3, 0.4) is 0 Å². The molecular weight excluding hydrogens is 925 g/mol. The quantitative estimate of drug-likeness (QED) is 0.0788. The molecule has 0 saturated carbocycles. The van der Waals surface area contributed by atoms with Crippen molar-refractivity contribution in [3.8, 4) is 0 Å². The molecule has 37 heavy (non-hydrogen) atoms. The Kier molecular flexibility index (Phi) is 296. The summed E-state index contributed by atoms with van der Waals surface area (Å²) < 4.78 is 47.5. The number of rotatable bonds is 0. The summed E-state index contributed by atoms with van der Waals surface area (Å²) in [5, 5.41) is 0. The van der Waals surface area contributed by atoms with Gasteiger partial charge in [-0.2, -0.15) is 25.3 Å². The van der Waals surface area contributed by atoms with E-state index in [1.165, 1.54) is 0 Å². The van der Waals surface area contributed by atoms with Crippen molar-refractivity contribution in [2.45, 2.75) is 0 Å². The molecule has 0 unspecified atom stereocenters. The molecule has 0 aromatic rings. The molecule has 0 fully saturated rings. The first-order valence-corrected chi connectivity index (χ1v) is 12.1. The minimum atomic E-state index is 0. The predicted octanol–water partition coefficient (Wildman–Crippen LogP) is -3.36. The van der Waals surface area contributed by atoms with Crippen molar-refractivity contribution < 1.29 is 46.3 Å². The average molecular weight is 937 g/mol. The van der Waals surface area contributed by atoms with Crippen molar-refractivity contribution in [2.24, 2.45) is 34.4 Å². The van der Waals surface area contributed by atoms with Crippen molar-refractivity contribution in [1.29, 1.82) is 0 Å². The molecule has 0 heterocycles. The first-order valence-electron chi connectivity index (χ1n) is 5.18. The second-order valence-corrected chi connectivity index (χ2v) is 8.74. The van der Waals surface area contributed by atoms with Crippen LogP contribution in [-0.2, 0) is 172 Å². The van der Waals surface area contributed by atoms with Gasteiger partial charge in [0.2, 0.25) is 0 Å². The second-order valence-electron chi connectivity index (χ2n) is 1.91. The van der Waals surface area contributed by atoms with E-state index < -0.39 is 0 Å². The fourth-order valence-electron chi connectivity index (χ4n) is 0. The summed E-state index contributed by atoms with van der Waals surface area (Å²) in [6.45, 7) is 0. The molecule has 12 nitrogen and oxygen atoms in total. The maximum Gasteiger partial charge on any atom is 6.00 e. The number of hydrogen-bond acceptors (Lipinski definition) is 24. The van der Waals surface area contributed by atoms with Gasteiger partial charge in [0.15, 0.2) is 75.2 Å². The van der Waals surface area contributed by atoms with Gasteiger partial charge in [-0.3, -0.25) is 0 Å². The molecule has 0 radical (unpaired) electrons. The number of hydrogen-bond donors (Lipinski definition) is 6. The van der Waals surface area contributed by atoms with Gasteiger partial charge in [0.05, 0.1) is 0 Å². The molecule has 0 spiro atoms. The van der Waals surface area contributed by atoms with Crippen LogP contribution in [-0.4, -0.2) is 51.2 Å². The van der Waals surface area contributed by atoms with Gasteiger partial charge in [0, 0.05) is 0 Å². The topological polar surface area (TPSA) is 259 Å². The summed E-state index contributed by atoms with van der Waals surface area (Å²) in [7, 11) is 0. The van der Waals surface area contributed by atoms with Crippen molar-refractivity contribution in [2.75, 3.05) is 0 Å². The minimum absolute atomic E-state index is 0. The van der Waals surface area contributed by atoms with Crippen LogP contribution in [0.2, 0.25) is 0 Å². The van der Waals surface area contributed by atoms with Gasteiger partial charge >= 0.3 is 21.1 Å². The van der Waals surface area contributed by atoms with Gasteiger partial charge in [-0.1, -0.05) is 25.9 Å². The molecule has 12 N–H and O–H groups in total.